The zero-order valence-corrected chi connectivity index (χ0v) is 14.9. The molecule has 26 heavy (non-hydrogen) atoms. The number of rotatable bonds is 6. The monoisotopic (exact) mass is 352 g/mol. The number of aromatic nitrogens is 2. The number of carbonyl (C=O) groups excluding carboxylic acids is 1. The minimum atomic E-state index is -0.240. The summed E-state index contributed by atoms with van der Waals surface area (Å²) in [5, 5.41) is 4.95. The van der Waals surface area contributed by atoms with E-state index in [9.17, 15) is 4.79 Å². The van der Waals surface area contributed by atoms with Gasteiger partial charge in [0.1, 0.15) is 0 Å². The van der Waals surface area contributed by atoms with Crippen LogP contribution in [0.5, 0.6) is 11.8 Å². The van der Waals surface area contributed by atoms with E-state index in [0.717, 1.165) is 16.5 Å². The maximum atomic E-state index is 12.3. The average Bonchev–Trinajstić information content (AvgIpc) is 2.67. The Hall–Kier alpha value is -3.35. The number of anilines is 2. The van der Waals surface area contributed by atoms with Crippen LogP contribution in [0.15, 0.2) is 48.5 Å². The van der Waals surface area contributed by atoms with E-state index < -0.39 is 0 Å². The Morgan fingerprint density at radius 3 is 2.31 bits per heavy atom. The van der Waals surface area contributed by atoms with Gasteiger partial charge in [-0.3, -0.25) is 10.1 Å². The van der Waals surface area contributed by atoms with Gasteiger partial charge >= 0.3 is 0 Å². The fourth-order valence-corrected chi connectivity index (χ4v) is 2.55. The number of amides is 1. The molecule has 134 valence electrons. The maximum absolute atomic E-state index is 12.3. The maximum Gasteiger partial charge on any atom is 0.246 e. The van der Waals surface area contributed by atoms with Crippen molar-refractivity contribution in [3.8, 4) is 11.8 Å². The fraction of sp³-hybridized carbons (Fsp3) is 0.211. The summed E-state index contributed by atoms with van der Waals surface area (Å²) < 4.78 is 10.2. The molecule has 0 aliphatic rings. The van der Waals surface area contributed by atoms with Gasteiger partial charge in [0, 0.05) is 12.7 Å². The summed E-state index contributed by atoms with van der Waals surface area (Å²) in [7, 11) is 4.83. The molecule has 7 nitrogen and oxygen atoms in total. The van der Waals surface area contributed by atoms with Crippen molar-refractivity contribution in [2.45, 2.75) is 0 Å². The molecule has 1 N–H and O–H groups in total. The van der Waals surface area contributed by atoms with E-state index in [2.05, 4.69) is 21.4 Å². The third-order valence-corrected chi connectivity index (χ3v) is 3.90. The van der Waals surface area contributed by atoms with Crippen LogP contribution in [0.4, 0.5) is 11.6 Å². The highest BCUT2D eigenvalue weighted by atomic mass is 16.5. The van der Waals surface area contributed by atoms with Gasteiger partial charge in [-0.05, 0) is 22.9 Å². The van der Waals surface area contributed by atoms with Gasteiger partial charge in [-0.25, -0.2) is 0 Å². The highest BCUT2D eigenvalue weighted by molar-refractivity contribution is 5.93. The molecule has 0 unspecified atom stereocenters. The van der Waals surface area contributed by atoms with Gasteiger partial charge in [-0.2, -0.15) is 9.97 Å². The molecule has 0 saturated heterocycles. The minimum absolute atomic E-state index is 0.137. The first-order chi connectivity index (χ1) is 12.6. The molecule has 1 amide bonds. The predicted octanol–water partition coefficient (Wildman–Crippen LogP) is 2.72. The Bertz CT molecular complexity index is 907. The predicted molar refractivity (Wildman–Crippen MR) is 101 cm³/mol. The highest BCUT2D eigenvalue weighted by Crippen LogP contribution is 2.21. The lowest BCUT2D eigenvalue weighted by atomic mass is 10.1. The Balaban J connectivity index is 1.70. The Morgan fingerprint density at radius 2 is 1.65 bits per heavy atom. The number of ether oxygens (including phenoxy) is 2. The molecule has 1 aromatic heterocycles. The van der Waals surface area contributed by atoms with Crippen molar-refractivity contribution in [2.75, 3.05) is 38.0 Å². The van der Waals surface area contributed by atoms with Gasteiger partial charge in [0.25, 0.3) is 0 Å². The smallest absolute Gasteiger partial charge is 0.246 e. The van der Waals surface area contributed by atoms with E-state index in [4.69, 9.17) is 9.47 Å². The Kier molecular flexibility index (Phi) is 5.17. The van der Waals surface area contributed by atoms with E-state index in [1.165, 1.54) is 20.3 Å². The van der Waals surface area contributed by atoms with Crippen molar-refractivity contribution in [1.82, 2.24) is 9.97 Å². The number of nitrogens with zero attached hydrogens (tertiary/aromatic N) is 3. The summed E-state index contributed by atoms with van der Waals surface area (Å²) in [6.07, 6.45) is 0. The van der Waals surface area contributed by atoms with Crippen molar-refractivity contribution in [1.29, 1.82) is 0 Å². The van der Waals surface area contributed by atoms with E-state index in [1.807, 2.05) is 48.3 Å². The molecule has 1 heterocycles. The van der Waals surface area contributed by atoms with Crippen LogP contribution >= 0.6 is 0 Å². The van der Waals surface area contributed by atoms with Crippen LogP contribution in [-0.2, 0) is 4.79 Å². The molecule has 0 radical (unpaired) electrons. The third kappa shape index (κ3) is 4.00. The molecule has 7 heteroatoms. The van der Waals surface area contributed by atoms with Crippen molar-refractivity contribution < 1.29 is 14.3 Å². The molecule has 0 fully saturated rings. The molecule has 3 rings (SSSR count). The number of hydrogen-bond acceptors (Lipinski definition) is 6. The van der Waals surface area contributed by atoms with Crippen molar-refractivity contribution in [3.63, 3.8) is 0 Å². The minimum Gasteiger partial charge on any atom is -0.481 e. The number of carbonyl (C=O) groups is 1. The van der Waals surface area contributed by atoms with Gasteiger partial charge < -0.3 is 14.4 Å². The number of benzene rings is 2. The number of methoxy groups -OCH3 is 2. The number of hydrogen-bond donors (Lipinski definition) is 1. The van der Waals surface area contributed by atoms with E-state index in [0.29, 0.717) is 11.8 Å². The van der Waals surface area contributed by atoms with Crippen molar-refractivity contribution in [3.05, 3.63) is 48.5 Å². The van der Waals surface area contributed by atoms with Crippen LogP contribution in [0.1, 0.15) is 0 Å². The lowest BCUT2D eigenvalue weighted by Gasteiger charge is -2.19. The molecule has 0 spiro atoms. The van der Waals surface area contributed by atoms with Crippen molar-refractivity contribution >= 4 is 28.3 Å². The van der Waals surface area contributed by atoms with Crippen LogP contribution in [0.3, 0.4) is 0 Å². The largest absolute Gasteiger partial charge is 0.481 e. The Morgan fingerprint density at radius 1 is 1.00 bits per heavy atom. The van der Waals surface area contributed by atoms with Gasteiger partial charge in [0.05, 0.1) is 26.8 Å². The standard InChI is InChI=1S/C19H20N4O3/c1-23(15-9-8-13-6-4-5-7-14(13)10-15)12-16(24)20-19-21-17(25-2)11-18(22-19)26-3/h4-11H,12H2,1-3H3,(H,20,21,22,24). The Labute approximate surface area is 151 Å². The summed E-state index contributed by atoms with van der Waals surface area (Å²) >= 11 is 0. The fourth-order valence-electron chi connectivity index (χ4n) is 2.55. The summed E-state index contributed by atoms with van der Waals surface area (Å²) in [6.45, 7) is 0.154. The summed E-state index contributed by atoms with van der Waals surface area (Å²) in [4.78, 5) is 22.4. The molecule has 0 bridgehead atoms. The topological polar surface area (TPSA) is 76.6 Å². The SMILES string of the molecule is COc1cc(OC)nc(NC(=O)CN(C)c2ccc3ccccc3c2)n1. The molecular weight excluding hydrogens is 332 g/mol. The van der Waals surface area contributed by atoms with Gasteiger partial charge in [0.15, 0.2) is 0 Å². The first-order valence-corrected chi connectivity index (χ1v) is 8.06. The number of fused-ring (bicyclic) bond motifs is 1. The normalized spacial score (nSPS) is 10.4. The van der Waals surface area contributed by atoms with Crippen LogP contribution in [0, 0.1) is 0 Å². The number of nitrogens with one attached hydrogen (secondary N) is 1. The summed E-state index contributed by atoms with van der Waals surface area (Å²) in [6, 6.07) is 15.7. The van der Waals surface area contributed by atoms with Gasteiger partial charge in [0.2, 0.25) is 23.6 Å². The molecule has 3 aromatic rings. The zero-order valence-electron chi connectivity index (χ0n) is 14.9. The van der Waals surface area contributed by atoms with E-state index >= 15 is 0 Å². The second kappa shape index (κ2) is 7.69. The van der Waals surface area contributed by atoms with Crippen LogP contribution in [0.25, 0.3) is 10.8 Å². The first kappa shape index (κ1) is 17.5. The third-order valence-electron chi connectivity index (χ3n) is 3.90. The lowest BCUT2D eigenvalue weighted by molar-refractivity contribution is -0.115. The average molecular weight is 352 g/mol. The number of likely N-dealkylation sites (N-methyl/N-ethyl adjacent to an activating group) is 1. The van der Waals surface area contributed by atoms with Crippen molar-refractivity contribution in [2.24, 2.45) is 0 Å². The molecule has 0 atom stereocenters. The molecule has 0 aliphatic heterocycles. The molecule has 0 saturated carbocycles. The van der Waals surface area contributed by atoms with E-state index in [1.54, 1.807) is 0 Å². The molecule has 0 aliphatic carbocycles. The van der Waals surface area contributed by atoms with Crippen LogP contribution in [-0.4, -0.2) is 43.7 Å². The van der Waals surface area contributed by atoms with Crippen LogP contribution in [0.2, 0.25) is 0 Å². The van der Waals surface area contributed by atoms with Gasteiger partial charge in [-0.15, -0.1) is 0 Å². The lowest BCUT2D eigenvalue weighted by Crippen LogP contribution is -2.30. The highest BCUT2D eigenvalue weighted by Gasteiger charge is 2.12. The second-order valence-electron chi connectivity index (χ2n) is 5.71. The van der Waals surface area contributed by atoms with Gasteiger partial charge in [-0.1, -0.05) is 30.3 Å². The quantitative estimate of drug-likeness (QED) is 0.735. The second-order valence-corrected chi connectivity index (χ2v) is 5.71. The van der Waals surface area contributed by atoms with Crippen LogP contribution < -0.4 is 19.7 Å². The molecule has 2 aromatic carbocycles. The summed E-state index contributed by atoms with van der Waals surface area (Å²) in [5.41, 5.74) is 0.947. The molecular formula is C19H20N4O3. The summed E-state index contributed by atoms with van der Waals surface area (Å²) in [5.74, 6) is 0.527. The van der Waals surface area contributed by atoms with E-state index in [-0.39, 0.29) is 18.4 Å². The zero-order chi connectivity index (χ0) is 18.5. The first-order valence-electron chi connectivity index (χ1n) is 8.06.